The van der Waals surface area contributed by atoms with Crippen LogP contribution in [-0.4, -0.2) is 68.2 Å². The van der Waals surface area contributed by atoms with Gasteiger partial charge in [0, 0.05) is 12.5 Å². The molecule has 4 N–H and O–H groups in total. The number of ether oxygens (including phenoxy) is 2. The van der Waals surface area contributed by atoms with Crippen LogP contribution >= 0.6 is 0 Å². The van der Waals surface area contributed by atoms with Crippen molar-refractivity contribution < 1.29 is 44.3 Å². The van der Waals surface area contributed by atoms with Gasteiger partial charge in [0.15, 0.2) is 11.4 Å². The number of carboxylic acids is 1. The summed E-state index contributed by atoms with van der Waals surface area (Å²) < 4.78 is 11.2. The summed E-state index contributed by atoms with van der Waals surface area (Å²) in [6.45, 7) is 1.71. The van der Waals surface area contributed by atoms with Gasteiger partial charge < -0.3 is 29.9 Å². The average molecular weight is 434 g/mol. The van der Waals surface area contributed by atoms with E-state index in [0.29, 0.717) is 12.8 Å². The zero-order valence-corrected chi connectivity index (χ0v) is 17.0. The average Bonchev–Trinajstić information content (AvgIpc) is 3.08. The molecular weight excluding hydrogens is 408 g/mol. The molecule has 1 saturated carbocycles. The summed E-state index contributed by atoms with van der Waals surface area (Å²) in [5, 5.41) is 41.0. The number of rotatable bonds is 4. The van der Waals surface area contributed by atoms with Crippen molar-refractivity contribution in [2.24, 2.45) is 5.92 Å². The van der Waals surface area contributed by atoms with Gasteiger partial charge in [0.05, 0.1) is 29.8 Å². The molecule has 2 aliphatic heterocycles. The third-order valence-corrected chi connectivity index (χ3v) is 5.81. The number of allylic oxidation sites excluding steroid dienone is 5. The van der Waals surface area contributed by atoms with Gasteiger partial charge in [-0.15, -0.1) is 0 Å². The van der Waals surface area contributed by atoms with E-state index < -0.39 is 60.1 Å². The summed E-state index contributed by atoms with van der Waals surface area (Å²) in [7, 11) is 0. The van der Waals surface area contributed by atoms with Crippen LogP contribution < -0.4 is 0 Å². The number of carbonyl (C=O) groups excluding carboxylic acids is 2. The third kappa shape index (κ3) is 4.48. The van der Waals surface area contributed by atoms with Crippen molar-refractivity contribution in [2.75, 3.05) is 0 Å². The van der Waals surface area contributed by atoms with E-state index >= 15 is 0 Å². The maximum Gasteiger partial charge on any atom is 0.338 e. The summed E-state index contributed by atoms with van der Waals surface area (Å²) in [6.07, 6.45) is 4.41. The van der Waals surface area contributed by atoms with E-state index in [1.165, 1.54) is 30.4 Å². The van der Waals surface area contributed by atoms with E-state index in [4.69, 9.17) is 14.6 Å². The molecule has 0 spiro atoms. The van der Waals surface area contributed by atoms with Crippen molar-refractivity contribution in [2.45, 2.75) is 62.6 Å². The van der Waals surface area contributed by atoms with Gasteiger partial charge in [0.25, 0.3) is 0 Å². The monoisotopic (exact) mass is 434 g/mol. The highest BCUT2D eigenvalue weighted by Gasteiger charge is 2.64. The highest BCUT2D eigenvalue weighted by Crippen LogP contribution is 2.48. The van der Waals surface area contributed by atoms with Crippen LogP contribution in [0.15, 0.2) is 47.8 Å². The van der Waals surface area contributed by atoms with Crippen LogP contribution in [0.5, 0.6) is 0 Å². The van der Waals surface area contributed by atoms with E-state index in [1.807, 2.05) is 0 Å². The first kappa shape index (κ1) is 22.9. The van der Waals surface area contributed by atoms with E-state index in [0.717, 1.165) is 6.08 Å². The van der Waals surface area contributed by atoms with Crippen LogP contribution in [0.4, 0.5) is 0 Å². The lowest BCUT2D eigenvalue weighted by atomic mass is 9.65. The van der Waals surface area contributed by atoms with Crippen molar-refractivity contribution >= 4 is 17.7 Å². The third-order valence-electron chi connectivity index (χ3n) is 5.81. The molecule has 0 bridgehead atoms. The lowest BCUT2D eigenvalue weighted by Crippen LogP contribution is -2.64. The highest BCUT2D eigenvalue weighted by molar-refractivity contribution is 5.97. The minimum atomic E-state index is -2.28. The Balaban J connectivity index is 2.03. The number of aliphatic hydroxyl groups is 3. The number of hydrogen-bond donors (Lipinski definition) is 4. The van der Waals surface area contributed by atoms with Gasteiger partial charge >= 0.3 is 11.9 Å². The number of carboxylic acid groups (broad SMARTS) is 1. The first-order valence-electron chi connectivity index (χ1n) is 10.1. The molecule has 9 heteroatoms. The fourth-order valence-electron chi connectivity index (χ4n) is 4.29. The molecular formula is C22H26O9. The molecule has 0 aromatic heterocycles. The maximum absolute atomic E-state index is 13.0. The molecule has 3 rings (SSSR count). The van der Waals surface area contributed by atoms with E-state index in [1.54, 1.807) is 6.92 Å². The second-order valence-electron chi connectivity index (χ2n) is 7.96. The Morgan fingerprint density at radius 3 is 2.52 bits per heavy atom. The molecule has 31 heavy (non-hydrogen) atoms. The summed E-state index contributed by atoms with van der Waals surface area (Å²) >= 11 is 0. The summed E-state index contributed by atoms with van der Waals surface area (Å²) in [4.78, 5) is 36.2. The minimum Gasteiger partial charge on any atom is -0.486 e. The molecule has 2 fully saturated rings. The molecule has 0 amide bonds. The van der Waals surface area contributed by atoms with Crippen LogP contribution in [0.2, 0.25) is 0 Å². The lowest BCUT2D eigenvalue weighted by molar-refractivity contribution is -0.188. The number of cyclic esters (lactones) is 1. The van der Waals surface area contributed by atoms with Gasteiger partial charge in [0.2, 0.25) is 0 Å². The first-order valence-corrected chi connectivity index (χ1v) is 10.1. The Morgan fingerprint density at radius 2 is 1.81 bits per heavy atom. The molecule has 3 aliphatic rings. The summed E-state index contributed by atoms with van der Waals surface area (Å²) in [6, 6.07) is 0. The van der Waals surface area contributed by atoms with Crippen molar-refractivity contribution in [1.82, 2.24) is 0 Å². The predicted octanol–water partition coefficient (Wildman–Crippen LogP) is 0.550. The van der Waals surface area contributed by atoms with Gasteiger partial charge in [-0.3, -0.25) is 4.79 Å². The molecule has 0 aromatic rings. The van der Waals surface area contributed by atoms with Gasteiger partial charge in [-0.1, -0.05) is 24.3 Å². The Morgan fingerprint density at radius 1 is 1.10 bits per heavy atom. The standard InChI is InChI=1S/C22H26O9/c1-12-7-6-9-15(24)22(29)16(25)11-13(23)20-19(22)18(21(28)30-12)14(31-20)8-4-2-3-5-10-17(26)27/h2-5,8,10,12-13,15,19-20,23-24,29H,6-7,9,11H2,1H3,(H,26,27)/b3-2+,8-4+,10-5-/t12-,13-,15+,19-,20-,22-/m0/s1. The lowest BCUT2D eigenvalue weighted by Gasteiger charge is -2.44. The second kappa shape index (κ2) is 9.17. The van der Waals surface area contributed by atoms with Crippen LogP contribution in [0, 0.1) is 5.92 Å². The van der Waals surface area contributed by atoms with Crippen molar-refractivity contribution in [3.8, 4) is 0 Å². The highest BCUT2D eigenvalue weighted by atomic mass is 16.6. The predicted molar refractivity (Wildman–Crippen MR) is 106 cm³/mol. The topological polar surface area (TPSA) is 151 Å². The fourth-order valence-corrected chi connectivity index (χ4v) is 4.29. The zero-order chi connectivity index (χ0) is 22.8. The molecule has 0 radical (unpaired) electrons. The molecule has 6 atom stereocenters. The van der Waals surface area contributed by atoms with Crippen LogP contribution in [0.1, 0.15) is 32.6 Å². The maximum atomic E-state index is 13.0. The molecule has 168 valence electrons. The van der Waals surface area contributed by atoms with Gasteiger partial charge in [-0.25, -0.2) is 9.59 Å². The van der Waals surface area contributed by atoms with E-state index in [-0.39, 0.29) is 17.8 Å². The largest absolute Gasteiger partial charge is 0.486 e. The van der Waals surface area contributed by atoms with Crippen molar-refractivity contribution in [3.05, 3.63) is 47.8 Å². The van der Waals surface area contributed by atoms with Crippen molar-refractivity contribution in [3.63, 3.8) is 0 Å². The van der Waals surface area contributed by atoms with Crippen LogP contribution in [0.25, 0.3) is 0 Å². The first-order chi connectivity index (χ1) is 14.7. The van der Waals surface area contributed by atoms with Gasteiger partial charge in [-0.05, 0) is 32.3 Å². The number of esters is 1. The molecule has 0 aromatic carbocycles. The molecule has 1 saturated heterocycles. The molecule has 2 heterocycles. The fraction of sp³-hybridized carbons (Fsp3) is 0.500. The Bertz CT molecular complexity index is 868. The van der Waals surface area contributed by atoms with Crippen LogP contribution in [0.3, 0.4) is 0 Å². The normalized spacial score (nSPS) is 36.7. The number of ketones is 1. The summed E-state index contributed by atoms with van der Waals surface area (Å²) in [5.74, 6) is -3.91. The Kier molecular flexibility index (Phi) is 6.78. The SMILES string of the molecule is C[C@H]1CCC[C@@H](O)[C@]2(O)C(=O)C[C@H](O)[C@@H]3OC(/C=C/C=C/C=C\C(=O)O)=C(C(=O)O1)[C@@H]32. The van der Waals surface area contributed by atoms with Gasteiger partial charge in [-0.2, -0.15) is 0 Å². The number of carbonyl (C=O) groups is 3. The van der Waals surface area contributed by atoms with Crippen LogP contribution in [-0.2, 0) is 23.9 Å². The number of Topliss-reactive ketones (excluding diaryl/α,β-unsaturated/α-hetero) is 1. The minimum absolute atomic E-state index is 0.0130. The number of hydrogen-bond acceptors (Lipinski definition) is 8. The van der Waals surface area contributed by atoms with E-state index in [9.17, 15) is 29.7 Å². The van der Waals surface area contributed by atoms with Gasteiger partial charge in [0.1, 0.15) is 11.9 Å². The number of aliphatic hydroxyl groups excluding tert-OH is 2. The number of aliphatic carboxylic acids is 1. The second-order valence-corrected chi connectivity index (χ2v) is 7.96. The van der Waals surface area contributed by atoms with E-state index in [2.05, 4.69) is 0 Å². The van der Waals surface area contributed by atoms with Crippen molar-refractivity contribution in [1.29, 1.82) is 0 Å². The summed E-state index contributed by atoms with van der Waals surface area (Å²) in [5.41, 5.74) is -2.40. The Labute approximate surface area is 179 Å². The molecule has 1 aliphatic carbocycles. The molecule has 9 nitrogen and oxygen atoms in total. The Hall–Kier alpha value is -2.75. The quantitative estimate of drug-likeness (QED) is 0.282. The smallest absolute Gasteiger partial charge is 0.338 e. The zero-order valence-electron chi connectivity index (χ0n) is 17.0. The molecule has 0 unspecified atom stereocenters.